The number of ether oxygens (including phenoxy) is 8. The first kappa shape index (κ1) is 45.9. The molecule has 0 spiro atoms. The summed E-state index contributed by atoms with van der Waals surface area (Å²) in [6, 6.07) is -3.35. The van der Waals surface area contributed by atoms with Gasteiger partial charge in [-0.15, -0.1) is 0 Å². The summed E-state index contributed by atoms with van der Waals surface area (Å²) in [5, 5.41) is 120. The Morgan fingerprint density at radius 3 is 1.43 bits per heavy atom. The fourth-order valence-corrected chi connectivity index (χ4v) is 6.60. The van der Waals surface area contributed by atoms with Crippen molar-refractivity contribution < 1.29 is 113 Å². The molecule has 4 aliphatic rings. The van der Waals surface area contributed by atoms with Crippen LogP contribution >= 0.6 is 0 Å². The van der Waals surface area contributed by atoms with Crippen LogP contribution in [0.2, 0.25) is 0 Å². The highest BCUT2D eigenvalue weighted by atomic mass is 16.8. The van der Waals surface area contributed by atoms with Crippen LogP contribution in [0.15, 0.2) is 0 Å². The molecule has 4 fully saturated rings. The standard InChI is InChI=1S/C30H49N3O23/c1-7(36)32-11-14(39)13(38)9(5-34)50-27(11)53-22-17(42)19(44)30(56-24(22)26(47)48)52-20-10(6-35)51-28(12(15(20)40)33-8(2)37)54-21-16(41)18(43)29(49-4-3-31)55-23(21)25(45)46/h9-24,27-30,34-35,38-44H,3-6,31H2,1-2H3,(H,32,36)(H,33,37)(H,45,46)(H,47,48)/t9?,10?,11?,12?,13-,14-,15-,16?,17?,18+,19+,20-,21+,22+,23?,24?,27-,28-,29-,30-/m1/s1. The van der Waals surface area contributed by atoms with Gasteiger partial charge in [0.2, 0.25) is 11.8 Å². The van der Waals surface area contributed by atoms with Gasteiger partial charge in [-0.25, -0.2) is 9.59 Å². The summed E-state index contributed by atoms with van der Waals surface area (Å²) in [4.78, 5) is 48.6. The molecule has 2 amide bonds. The normalized spacial score (nSPS) is 44.4. The molecule has 0 saturated carbocycles. The van der Waals surface area contributed by atoms with Crippen molar-refractivity contribution in [2.24, 2.45) is 5.73 Å². The second-order valence-corrected chi connectivity index (χ2v) is 13.3. The Bertz CT molecular complexity index is 1350. The number of aliphatic carboxylic acids is 2. The average molecular weight is 820 g/mol. The number of aliphatic hydroxyl groups is 9. The lowest BCUT2D eigenvalue weighted by Gasteiger charge is -2.49. The molecule has 0 aromatic heterocycles. The maximum Gasteiger partial charge on any atom is 0.335 e. The van der Waals surface area contributed by atoms with Crippen LogP contribution in [0.25, 0.3) is 0 Å². The Labute approximate surface area is 316 Å². The number of aliphatic hydroxyl groups excluding tert-OH is 9. The van der Waals surface area contributed by atoms with Crippen LogP contribution in [0.3, 0.4) is 0 Å². The number of carbonyl (C=O) groups excluding carboxylic acids is 2. The monoisotopic (exact) mass is 819 g/mol. The van der Waals surface area contributed by atoms with Gasteiger partial charge in [0.1, 0.15) is 85.3 Å². The summed E-state index contributed by atoms with van der Waals surface area (Å²) >= 11 is 0. The summed E-state index contributed by atoms with van der Waals surface area (Å²) in [5.74, 6) is -5.12. The van der Waals surface area contributed by atoms with E-state index in [2.05, 4.69) is 10.6 Å². The van der Waals surface area contributed by atoms with Crippen LogP contribution in [-0.2, 0) is 57.1 Å². The largest absolute Gasteiger partial charge is 0.479 e. The SMILES string of the molecule is CC(=O)NC1[C@@H](O[C@@H]2C(C(=O)O)O[C@@H](O[C@@H]3C(CO)O[C@H](O[C@@H]4C(C(=O)O)O[C@@H](OCCN)[C@@H](O)C4O)C(NC(C)=O)[C@H]3O)[C@@H](O)C2O)OC(CO)[C@@H](O)[C@@H]1O. The Balaban J connectivity index is 1.56. The number of amides is 2. The molecule has 20 atom stereocenters. The van der Waals surface area contributed by atoms with Crippen molar-refractivity contribution in [1.82, 2.24) is 10.6 Å². The third-order valence-electron chi connectivity index (χ3n) is 9.32. The number of carbonyl (C=O) groups is 4. The predicted molar refractivity (Wildman–Crippen MR) is 171 cm³/mol. The molecule has 0 aromatic rings. The van der Waals surface area contributed by atoms with Crippen molar-refractivity contribution in [3.63, 3.8) is 0 Å². The lowest BCUT2D eigenvalue weighted by atomic mass is 9.94. The van der Waals surface area contributed by atoms with Gasteiger partial charge in [-0.2, -0.15) is 0 Å². The molecule has 0 bridgehead atoms. The molecule has 0 radical (unpaired) electrons. The van der Waals surface area contributed by atoms with Crippen molar-refractivity contribution >= 4 is 23.8 Å². The van der Waals surface area contributed by atoms with E-state index < -0.39 is 160 Å². The van der Waals surface area contributed by atoms with E-state index in [0.29, 0.717) is 0 Å². The molecule has 56 heavy (non-hydrogen) atoms. The minimum absolute atomic E-state index is 0.0517. The van der Waals surface area contributed by atoms with Gasteiger partial charge in [0, 0.05) is 20.4 Å². The van der Waals surface area contributed by atoms with Crippen molar-refractivity contribution in [2.75, 3.05) is 26.4 Å². The first-order valence-electron chi connectivity index (χ1n) is 17.2. The van der Waals surface area contributed by atoms with Gasteiger partial charge in [-0.05, 0) is 0 Å². The maximum atomic E-state index is 12.4. The predicted octanol–water partition coefficient (Wildman–Crippen LogP) is -9.29. The summed E-state index contributed by atoms with van der Waals surface area (Å²) in [6.45, 7) is -0.130. The van der Waals surface area contributed by atoms with Gasteiger partial charge in [0.05, 0.1) is 19.8 Å². The maximum absolute atomic E-state index is 12.4. The zero-order chi connectivity index (χ0) is 41.8. The Morgan fingerprint density at radius 1 is 0.554 bits per heavy atom. The number of hydrogen-bond acceptors (Lipinski definition) is 22. The van der Waals surface area contributed by atoms with E-state index >= 15 is 0 Å². The molecule has 4 aliphatic heterocycles. The van der Waals surface area contributed by atoms with E-state index in [4.69, 9.17) is 43.6 Å². The molecule has 4 rings (SSSR count). The zero-order valence-electron chi connectivity index (χ0n) is 29.8. The molecular weight excluding hydrogens is 770 g/mol. The molecule has 26 nitrogen and oxygen atoms in total. The van der Waals surface area contributed by atoms with E-state index in [9.17, 15) is 75.3 Å². The molecule has 322 valence electrons. The van der Waals surface area contributed by atoms with Crippen molar-refractivity contribution in [3.05, 3.63) is 0 Å². The van der Waals surface area contributed by atoms with E-state index in [-0.39, 0.29) is 13.2 Å². The number of carboxylic acids is 2. The van der Waals surface area contributed by atoms with Gasteiger partial charge in [-0.3, -0.25) is 9.59 Å². The average Bonchev–Trinajstić information content (AvgIpc) is 3.13. The first-order chi connectivity index (χ1) is 26.4. The van der Waals surface area contributed by atoms with E-state index in [1.165, 1.54) is 0 Å². The lowest BCUT2D eigenvalue weighted by molar-refractivity contribution is -0.371. The fraction of sp³-hybridized carbons (Fsp3) is 0.867. The molecular formula is C30H49N3O23. The molecule has 4 heterocycles. The quantitative estimate of drug-likeness (QED) is 0.0729. The Morgan fingerprint density at radius 2 is 0.982 bits per heavy atom. The third kappa shape index (κ3) is 10.1. The molecule has 26 heteroatoms. The molecule has 15 N–H and O–H groups in total. The fourth-order valence-electron chi connectivity index (χ4n) is 6.60. The minimum Gasteiger partial charge on any atom is -0.479 e. The Hall–Kier alpha value is -2.84. The van der Waals surface area contributed by atoms with E-state index in [1.807, 2.05) is 0 Å². The van der Waals surface area contributed by atoms with Crippen LogP contribution in [-0.4, -0.2) is 229 Å². The van der Waals surface area contributed by atoms with Crippen LogP contribution in [0.5, 0.6) is 0 Å². The van der Waals surface area contributed by atoms with Gasteiger partial charge >= 0.3 is 11.9 Å². The summed E-state index contributed by atoms with van der Waals surface area (Å²) in [7, 11) is 0. The second-order valence-electron chi connectivity index (χ2n) is 13.3. The topological polar surface area (TPSA) is 415 Å². The van der Waals surface area contributed by atoms with Gasteiger partial charge in [0.15, 0.2) is 37.4 Å². The highest BCUT2D eigenvalue weighted by molar-refractivity contribution is 5.74. The summed E-state index contributed by atoms with van der Waals surface area (Å²) in [6.07, 6.45) is -35.2. The van der Waals surface area contributed by atoms with Gasteiger partial charge in [-0.1, -0.05) is 0 Å². The van der Waals surface area contributed by atoms with Gasteiger partial charge in [0.25, 0.3) is 0 Å². The summed E-state index contributed by atoms with van der Waals surface area (Å²) < 4.78 is 43.9. The minimum atomic E-state index is -2.26. The van der Waals surface area contributed by atoms with Crippen molar-refractivity contribution in [3.8, 4) is 0 Å². The number of hydrogen-bond donors (Lipinski definition) is 14. The van der Waals surface area contributed by atoms with E-state index in [0.717, 1.165) is 13.8 Å². The van der Waals surface area contributed by atoms with Crippen molar-refractivity contribution in [2.45, 2.75) is 137 Å². The zero-order valence-corrected chi connectivity index (χ0v) is 29.8. The number of carboxylic acid groups (broad SMARTS) is 2. The molecule has 0 aromatic carbocycles. The molecule has 8 unspecified atom stereocenters. The number of rotatable bonds is 15. The van der Waals surface area contributed by atoms with Gasteiger partial charge < -0.3 is 110 Å². The Kier molecular flexibility index (Phi) is 16.2. The first-order valence-corrected chi connectivity index (χ1v) is 17.2. The smallest absolute Gasteiger partial charge is 0.335 e. The van der Waals surface area contributed by atoms with E-state index in [1.54, 1.807) is 0 Å². The highest BCUT2D eigenvalue weighted by Gasteiger charge is 2.57. The molecule has 4 saturated heterocycles. The van der Waals surface area contributed by atoms with Crippen LogP contribution in [0.1, 0.15) is 13.8 Å². The van der Waals surface area contributed by atoms with Crippen LogP contribution < -0.4 is 16.4 Å². The van der Waals surface area contributed by atoms with Crippen LogP contribution in [0, 0.1) is 0 Å². The van der Waals surface area contributed by atoms with Crippen molar-refractivity contribution in [1.29, 1.82) is 0 Å². The summed E-state index contributed by atoms with van der Waals surface area (Å²) in [5.41, 5.74) is 5.37. The number of nitrogens with one attached hydrogen (secondary N) is 2. The number of nitrogens with two attached hydrogens (primary N) is 1. The highest BCUT2D eigenvalue weighted by Crippen LogP contribution is 2.34. The third-order valence-corrected chi connectivity index (χ3v) is 9.32. The second kappa shape index (κ2) is 19.7. The molecule has 0 aliphatic carbocycles. The van der Waals surface area contributed by atoms with Crippen LogP contribution in [0.4, 0.5) is 0 Å². The lowest BCUT2D eigenvalue weighted by Crippen LogP contribution is -2.70.